The smallest absolute Gasteiger partial charge is 0.271 e. The van der Waals surface area contributed by atoms with Gasteiger partial charge in [0.25, 0.3) is 5.56 Å². The van der Waals surface area contributed by atoms with E-state index in [2.05, 4.69) is 37.1 Å². The average Bonchev–Trinajstić information content (AvgIpc) is 3.09. The van der Waals surface area contributed by atoms with Crippen LogP contribution in [0.5, 0.6) is 0 Å². The number of aryl methyl sites for hydroxylation is 2. The fraction of sp³-hybridized carbons (Fsp3) is 0.211. The lowest BCUT2D eigenvalue weighted by atomic mass is 10.00. The minimum Gasteiger partial charge on any atom is -0.276 e. The molecule has 0 spiro atoms. The third-order valence-corrected chi connectivity index (χ3v) is 6.18. The molecule has 2 heterocycles. The van der Waals surface area contributed by atoms with Gasteiger partial charge in [0.1, 0.15) is 0 Å². The molecule has 128 valence electrons. The van der Waals surface area contributed by atoms with E-state index in [9.17, 15) is 13.2 Å². The second kappa shape index (κ2) is 5.46. The first-order chi connectivity index (χ1) is 11.8. The van der Waals surface area contributed by atoms with Crippen LogP contribution in [0.4, 0.5) is 0 Å². The number of sulfone groups is 1. The zero-order valence-electron chi connectivity index (χ0n) is 14.0. The highest BCUT2D eigenvalue weighted by atomic mass is 32.2. The summed E-state index contributed by atoms with van der Waals surface area (Å²) in [6.07, 6.45) is 1.62. The van der Waals surface area contributed by atoms with E-state index in [1.807, 2.05) is 12.1 Å². The third-order valence-electron chi connectivity index (χ3n) is 4.81. The second-order valence-electron chi connectivity index (χ2n) is 6.57. The topological polar surface area (TPSA) is 71.9 Å². The lowest BCUT2D eigenvalue weighted by Gasteiger charge is -2.11. The van der Waals surface area contributed by atoms with Gasteiger partial charge < -0.3 is 0 Å². The quantitative estimate of drug-likeness (QED) is 0.769. The Morgan fingerprint density at radius 3 is 2.44 bits per heavy atom. The Morgan fingerprint density at radius 2 is 1.76 bits per heavy atom. The van der Waals surface area contributed by atoms with Crippen molar-refractivity contribution in [2.75, 3.05) is 5.75 Å². The molecule has 1 aliphatic heterocycles. The van der Waals surface area contributed by atoms with Crippen LogP contribution in [-0.2, 0) is 9.84 Å². The van der Waals surface area contributed by atoms with Crippen LogP contribution in [-0.4, -0.2) is 24.0 Å². The Hall–Kier alpha value is -2.60. The fourth-order valence-corrected chi connectivity index (χ4v) is 4.50. The van der Waals surface area contributed by atoms with E-state index in [-0.39, 0.29) is 17.4 Å². The van der Waals surface area contributed by atoms with Crippen molar-refractivity contribution in [1.29, 1.82) is 0 Å². The molecular formula is C19H18N2O3S. The molecule has 1 atom stereocenters. The standard InChI is InChI=1S/C19H18N2O3S/c1-12-3-4-14(9-13(12)2)15-5-6-17-18(10-15)21(20-19(17)22)16-7-8-25(23,24)11-16/h3-10,16H,11H2,1-2H3,(H,20,22). The van der Waals surface area contributed by atoms with Gasteiger partial charge in [-0.05, 0) is 54.3 Å². The van der Waals surface area contributed by atoms with Crippen LogP contribution < -0.4 is 5.56 Å². The molecule has 0 aliphatic carbocycles. The number of H-pyrrole nitrogens is 1. The van der Waals surface area contributed by atoms with Crippen LogP contribution in [0.15, 0.2) is 52.7 Å². The van der Waals surface area contributed by atoms with Gasteiger partial charge in [-0.1, -0.05) is 24.3 Å². The average molecular weight is 354 g/mol. The van der Waals surface area contributed by atoms with E-state index in [1.165, 1.54) is 16.5 Å². The van der Waals surface area contributed by atoms with Crippen LogP contribution in [0.2, 0.25) is 0 Å². The molecule has 0 amide bonds. The summed E-state index contributed by atoms with van der Waals surface area (Å²) in [7, 11) is -3.20. The number of allylic oxidation sites excluding steroid dienone is 1. The van der Waals surface area contributed by atoms with E-state index in [1.54, 1.807) is 16.8 Å². The Bertz CT molecular complexity index is 1180. The molecule has 6 heteroatoms. The summed E-state index contributed by atoms with van der Waals surface area (Å²) in [4.78, 5) is 12.2. The molecule has 3 aromatic rings. The maximum Gasteiger partial charge on any atom is 0.271 e. The molecule has 0 saturated heterocycles. The molecule has 25 heavy (non-hydrogen) atoms. The van der Waals surface area contributed by atoms with Crippen molar-refractivity contribution in [2.45, 2.75) is 19.9 Å². The summed E-state index contributed by atoms with van der Waals surface area (Å²) in [5.41, 5.74) is 5.00. The molecule has 1 unspecified atom stereocenters. The minimum absolute atomic E-state index is 0.0272. The maximum absolute atomic E-state index is 12.2. The molecule has 4 rings (SSSR count). The normalized spacial score (nSPS) is 18.9. The number of nitrogens with zero attached hydrogens (tertiary/aromatic N) is 1. The summed E-state index contributed by atoms with van der Waals surface area (Å²) in [6, 6.07) is 11.5. The van der Waals surface area contributed by atoms with Gasteiger partial charge in [-0.25, -0.2) is 8.42 Å². The highest BCUT2D eigenvalue weighted by molar-refractivity contribution is 7.94. The van der Waals surface area contributed by atoms with Crippen LogP contribution in [0.1, 0.15) is 17.2 Å². The molecule has 0 bridgehead atoms. The molecule has 0 radical (unpaired) electrons. The first-order valence-electron chi connectivity index (χ1n) is 8.07. The van der Waals surface area contributed by atoms with Gasteiger partial charge in [0.05, 0.1) is 22.7 Å². The first-order valence-corrected chi connectivity index (χ1v) is 9.78. The molecule has 1 aromatic heterocycles. The molecular weight excluding hydrogens is 336 g/mol. The fourth-order valence-electron chi connectivity index (χ4n) is 3.24. The van der Waals surface area contributed by atoms with Gasteiger partial charge in [-0.15, -0.1) is 0 Å². The number of aromatic amines is 1. The Labute approximate surface area is 145 Å². The summed E-state index contributed by atoms with van der Waals surface area (Å²) >= 11 is 0. The van der Waals surface area contributed by atoms with E-state index < -0.39 is 9.84 Å². The summed E-state index contributed by atoms with van der Waals surface area (Å²) < 4.78 is 25.1. The monoisotopic (exact) mass is 354 g/mol. The minimum atomic E-state index is -3.20. The number of rotatable bonds is 2. The SMILES string of the molecule is Cc1ccc(-c2ccc3c(=O)[nH]n(C4C=CS(=O)(=O)C4)c3c2)cc1C. The van der Waals surface area contributed by atoms with Gasteiger partial charge >= 0.3 is 0 Å². The number of hydrogen-bond acceptors (Lipinski definition) is 3. The summed E-state index contributed by atoms with van der Waals surface area (Å²) in [6.45, 7) is 4.14. The van der Waals surface area contributed by atoms with Gasteiger partial charge in [0.2, 0.25) is 0 Å². The summed E-state index contributed by atoms with van der Waals surface area (Å²) in [5, 5.41) is 4.55. The van der Waals surface area contributed by atoms with Crippen molar-refractivity contribution in [1.82, 2.24) is 9.78 Å². The Kier molecular flexibility index (Phi) is 3.47. The zero-order chi connectivity index (χ0) is 17.8. The third kappa shape index (κ3) is 2.72. The number of aromatic nitrogens is 2. The second-order valence-corrected chi connectivity index (χ2v) is 8.50. The van der Waals surface area contributed by atoms with Crippen molar-refractivity contribution in [2.24, 2.45) is 0 Å². The lowest BCUT2D eigenvalue weighted by Crippen LogP contribution is -2.15. The molecule has 0 fully saturated rings. The highest BCUT2D eigenvalue weighted by Crippen LogP contribution is 2.28. The summed E-state index contributed by atoms with van der Waals surface area (Å²) in [5.74, 6) is -0.0272. The van der Waals surface area contributed by atoms with E-state index in [4.69, 9.17) is 0 Å². The van der Waals surface area contributed by atoms with Crippen molar-refractivity contribution in [3.8, 4) is 11.1 Å². The first kappa shape index (κ1) is 15.9. The van der Waals surface area contributed by atoms with E-state index in [0.29, 0.717) is 10.9 Å². The largest absolute Gasteiger partial charge is 0.276 e. The van der Waals surface area contributed by atoms with Crippen molar-refractivity contribution in [3.63, 3.8) is 0 Å². The molecule has 1 N–H and O–H groups in total. The van der Waals surface area contributed by atoms with Crippen LogP contribution in [0, 0.1) is 13.8 Å². The van der Waals surface area contributed by atoms with Crippen LogP contribution in [0.3, 0.4) is 0 Å². The Balaban J connectivity index is 1.87. The molecule has 1 aliphatic rings. The van der Waals surface area contributed by atoms with Gasteiger partial charge in [-0.3, -0.25) is 14.6 Å². The molecule has 5 nitrogen and oxygen atoms in total. The number of hydrogen-bond donors (Lipinski definition) is 1. The van der Waals surface area contributed by atoms with Crippen LogP contribution in [0.25, 0.3) is 22.0 Å². The molecule has 2 aromatic carbocycles. The maximum atomic E-state index is 12.2. The predicted molar refractivity (Wildman–Crippen MR) is 99.4 cm³/mol. The van der Waals surface area contributed by atoms with Crippen molar-refractivity contribution in [3.05, 3.63) is 69.4 Å². The predicted octanol–water partition coefficient (Wildman–Crippen LogP) is 3.10. The Morgan fingerprint density at radius 1 is 1.04 bits per heavy atom. The van der Waals surface area contributed by atoms with Crippen molar-refractivity contribution < 1.29 is 8.42 Å². The number of nitrogens with one attached hydrogen (secondary N) is 1. The lowest BCUT2D eigenvalue weighted by molar-refractivity contribution is 0.575. The van der Waals surface area contributed by atoms with E-state index >= 15 is 0 Å². The van der Waals surface area contributed by atoms with Gasteiger partial charge in [0, 0.05) is 5.41 Å². The van der Waals surface area contributed by atoms with E-state index in [0.717, 1.165) is 11.1 Å². The van der Waals surface area contributed by atoms with Gasteiger partial charge in [-0.2, -0.15) is 0 Å². The van der Waals surface area contributed by atoms with Gasteiger partial charge in [0.15, 0.2) is 9.84 Å². The zero-order valence-corrected chi connectivity index (χ0v) is 14.8. The van der Waals surface area contributed by atoms with Crippen LogP contribution >= 0.6 is 0 Å². The highest BCUT2D eigenvalue weighted by Gasteiger charge is 2.25. The number of fused-ring (bicyclic) bond motifs is 1. The van der Waals surface area contributed by atoms with Crippen molar-refractivity contribution >= 4 is 20.7 Å². The molecule has 0 saturated carbocycles. The number of benzene rings is 2.